The van der Waals surface area contributed by atoms with Gasteiger partial charge in [0.2, 0.25) is 0 Å². The molecule has 0 unspecified atom stereocenters. The van der Waals surface area contributed by atoms with Crippen LogP contribution in [-0.2, 0) is 29.7 Å². The maximum absolute atomic E-state index is 13.4. The number of carbonyl (C=O) groups is 2. The molecule has 1 fully saturated rings. The van der Waals surface area contributed by atoms with E-state index in [2.05, 4.69) is 5.32 Å². The highest BCUT2D eigenvalue weighted by Gasteiger charge is 2.49. The summed E-state index contributed by atoms with van der Waals surface area (Å²) in [7, 11) is 1.52. The van der Waals surface area contributed by atoms with E-state index in [0.717, 1.165) is 29.7 Å². The van der Waals surface area contributed by atoms with Crippen LogP contribution in [0.3, 0.4) is 0 Å². The number of fused-ring (bicyclic) bond motifs is 2. The van der Waals surface area contributed by atoms with E-state index in [-0.39, 0.29) is 12.5 Å². The van der Waals surface area contributed by atoms with Gasteiger partial charge in [-0.25, -0.2) is 9.59 Å². The Bertz CT molecular complexity index is 1290. The molecule has 1 N–H and O–H groups in total. The van der Waals surface area contributed by atoms with Crippen molar-refractivity contribution >= 4 is 22.9 Å². The largest absolute Gasteiger partial charge is 0.497 e. The number of ether oxygens (including phenoxy) is 1. The van der Waals surface area contributed by atoms with E-state index in [1.807, 2.05) is 18.2 Å². The summed E-state index contributed by atoms with van der Waals surface area (Å²) in [5, 5.41) is 3.50. The van der Waals surface area contributed by atoms with Crippen molar-refractivity contribution < 1.29 is 18.7 Å². The Morgan fingerprint density at radius 3 is 2.68 bits per heavy atom. The summed E-state index contributed by atoms with van der Waals surface area (Å²) in [6, 6.07) is 11.9. The van der Waals surface area contributed by atoms with E-state index >= 15 is 0 Å². The molecule has 2 aromatic carbocycles. The summed E-state index contributed by atoms with van der Waals surface area (Å²) in [6.07, 6.45) is 3.14. The third-order valence-corrected chi connectivity index (χ3v) is 6.32. The van der Waals surface area contributed by atoms with Gasteiger partial charge in [0.05, 0.1) is 13.7 Å². The van der Waals surface area contributed by atoms with Crippen LogP contribution in [0.15, 0.2) is 51.7 Å². The summed E-state index contributed by atoms with van der Waals surface area (Å²) in [4.78, 5) is 39.4. The lowest BCUT2D eigenvalue weighted by Crippen LogP contribution is -2.41. The molecule has 31 heavy (non-hydrogen) atoms. The van der Waals surface area contributed by atoms with Gasteiger partial charge >= 0.3 is 11.7 Å². The maximum Gasteiger partial charge on any atom is 0.336 e. The Balaban J connectivity index is 1.50. The highest BCUT2D eigenvalue weighted by Crippen LogP contribution is 2.34. The number of urea groups is 1. The molecule has 0 bridgehead atoms. The van der Waals surface area contributed by atoms with Gasteiger partial charge in [-0.2, -0.15) is 0 Å². The van der Waals surface area contributed by atoms with Gasteiger partial charge in [0.1, 0.15) is 16.9 Å². The summed E-state index contributed by atoms with van der Waals surface area (Å²) in [5.74, 6) is 0.206. The van der Waals surface area contributed by atoms with Crippen molar-refractivity contribution in [2.24, 2.45) is 0 Å². The van der Waals surface area contributed by atoms with Crippen molar-refractivity contribution in [2.75, 3.05) is 7.11 Å². The van der Waals surface area contributed by atoms with Crippen LogP contribution in [0.2, 0.25) is 0 Å². The minimum Gasteiger partial charge on any atom is -0.497 e. The molecule has 7 heteroatoms. The normalized spacial score (nSPS) is 20.3. The lowest BCUT2D eigenvalue weighted by atomic mass is 9.89. The zero-order chi connectivity index (χ0) is 21.8. The third-order valence-electron chi connectivity index (χ3n) is 6.32. The standard InChI is InChI=1S/C24H22N2O5/c1-24(17-7-6-14-4-3-5-15(14)10-17)22(28)26(23(29)25-24)13-16-11-21(27)31-20-12-18(30-2)8-9-19(16)20/h6-12H,3-5,13H2,1-2H3,(H,25,29)/t24-/m0/s1. The summed E-state index contributed by atoms with van der Waals surface area (Å²) in [6.45, 7) is 1.70. The molecule has 3 amide bonds. The Hall–Kier alpha value is -3.61. The first kappa shape index (κ1) is 19.4. The Labute approximate surface area is 178 Å². The van der Waals surface area contributed by atoms with Crippen LogP contribution < -0.4 is 15.7 Å². The van der Waals surface area contributed by atoms with E-state index < -0.39 is 17.2 Å². The number of imide groups is 1. The second-order valence-electron chi connectivity index (χ2n) is 8.24. The van der Waals surface area contributed by atoms with Crippen LogP contribution >= 0.6 is 0 Å². The van der Waals surface area contributed by atoms with Crippen LogP contribution in [0.1, 0.15) is 35.6 Å². The van der Waals surface area contributed by atoms with Gasteiger partial charge in [-0.15, -0.1) is 0 Å². The Morgan fingerprint density at radius 2 is 1.87 bits per heavy atom. The number of methoxy groups -OCH3 is 1. The fourth-order valence-electron chi connectivity index (χ4n) is 4.56. The van der Waals surface area contributed by atoms with Crippen molar-refractivity contribution in [1.29, 1.82) is 0 Å². The zero-order valence-corrected chi connectivity index (χ0v) is 17.4. The molecule has 1 aliphatic carbocycles. The number of hydrogen-bond donors (Lipinski definition) is 1. The topological polar surface area (TPSA) is 88.9 Å². The van der Waals surface area contributed by atoms with Crippen molar-refractivity contribution in [3.8, 4) is 5.75 Å². The minimum atomic E-state index is -1.15. The number of nitrogens with one attached hydrogen (secondary N) is 1. The second kappa shape index (κ2) is 6.97. The molecule has 5 rings (SSSR count). The molecule has 0 spiro atoms. The molecule has 7 nitrogen and oxygen atoms in total. The monoisotopic (exact) mass is 418 g/mol. The van der Waals surface area contributed by atoms with Crippen molar-refractivity contribution in [3.63, 3.8) is 0 Å². The van der Waals surface area contributed by atoms with Crippen molar-refractivity contribution in [2.45, 2.75) is 38.3 Å². The highest BCUT2D eigenvalue weighted by molar-refractivity contribution is 6.07. The number of amides is 3. The van der Waals surface area contributed by atoms with Gasteiger partial charge in [-0.05, 0) is 60.6 Å². The summed E-state index contributed by atoms with van der Waals surface area (Å²) >= 11 is 0. The molecule has 158 valence electrons. The molecule has 0 saturated carbocycles. The van der Waals surface area contributed by atoms with Gasteiger partial charge < -0.3 is 14.5 Å². The number of rotatable bonds is 4. The van der Waals surface area contributed by atoms with E-state index in [1.165, 1.54) is 24.3 Å². The fraction of sp³-hybridized carbons (Fsp3) is 0.292. The molecule has 1 atom stereocenters. The van der Waals surface area contributed by atoms with E-state index in [9.17, 15) is 14.4 Å². The van der Waals surface area contributed by atoms with Gasteiger partial charge in [-0.3, -0.25) is 9.69 Å². The highest BCUT2D eigenvalue weighted by atomic mass is 16.5. The number of hydrogen-bond acceptors (Lipinski definition) is 5. The van der Waals surface area contributed by atoms with Crippen LogP contribution in [0.5, 0.6) is 5.75 Å². The first-order chi connectivity index (χ1) is 14.9. The summed E-state index contributed by atoms with van der Waals surface area (Å²) in [5.41, 5.74) is 2.50. The van der Waals surface area contributed by atoms with E-state index in [1.54, 1.807) is 25.1 Å². The van der Waals surface area contributed by atoms with Gasteiger partial charge in [0.15, 0.2) is 0 Å². The predicted octanol–water partition coefficient (Wildman–Crippen LogP) is 3.26. The molecule has 1 aromatic heterocycles. The lowest BCUT2D eigenvalue weighted by Gasteiger charge is -2.23. The maximum atomic E-state index is 13.4. The SMILES string of the molecule is COc1ccc2c(CN3C(=O)N[C@@](C)(c4ccc5c(c4)CCC5)C3=O)cc(=O)oc2c1. The number of carbonyl (C=O) groups excluding carboxylic acids is 2. The molecule has 2 aliphatic rings. The average molecular weight is 418 g/mol. The van der Waals surface area contributed by atoms with Crippen molar-refractivity contribution in [3.05, 3.63) is 75.1 Å². The van der Waals surface area contributed by atoms with E-state index in [4.69, 9.17) is 9.15 Å². The Kier molecular flexibility index (Phi) is 4.36. The van der Waals surface area contributed by atoms with Crippen LogP contribution in [0.25, 0.3) is 11.0 Å². The summed E-state index contributed by atoms with van der Waals surface area (Å²) < 4.78 is 10.5. The molecule has 2 heterocycles. The van der Waals surface area contributed by atoms with Gasteiger partial charge in [0, 0.05) is 17.5 Å². The average Bonchev–Trinajstić information content (AvgIpc) is 3.31. The number of benzene rings is 2. The molecule has 1 saturated heterocycles. The van der Waals surface area contributed by atoms with Crippen LogP contribution in [-0.4, -0.2) is 23.9 Å². The molecular weight excluding hydrogens is 396 g/mol. The lowest BCUT2D eigenvalue weighted by molar-refractivity contribution is -0.131. The second-order valence-corrected chi connectivity index (χ2v) is 8.24. The molecule has 0 radical (unpaired) electrons. The van der Waals surface area contributed by atoms with Crippen LogP contribution in [0.4, 0.5) is 4.79 Å². The minimum absolute atomic E-state index is 0.0281. The molecule has 3 aromatic rings. The van der Waals surface area contributed by atoms with E-state index in [0.29, 0.717) is 22.3 Å². The Morgan fingerprint density at radius 1 is 1.06 bits per heavy atom. The smallest absolute Gasteiger partial charge is 0.336 e. The first-order valence-electron chi connectivity index (χ1n) is 10.3. The van der Waals surface area contributed by atoms with Crippen molar-refractivity contribution in [1.82, 2.24) is 10.2 Å². The molecule has 1 aliphatic heterocycles. The number of nitrogens with zero attached hydrogens (tertiary/aromatic N) is 1. The van der Waals surface area contributed by atoms with Gasteiger partial charge in [-0.1, -0.05) is 18.2 Å². The third kappa shape index (κ3) is 3.08. The zero-order valence-electron chi connectivity index (χ0n) is 17.4. The van der Waals surface area contributed by atoms with Gasteiger partial charge in [0.25, 0.3) is 5.91 Å². The number of aryl methyl sites for hydroxylation is 2. The first-order valence-corrected chi connectivity index (χ1v) is 10.3. The fourth-order valence-corrected chi connectivity index (χ4v) is 4.56. The molecular formula is C24H22N2O5. The quantitative estimate of drug-likeness (QED) is 0.519. The predicted molar refractivity (Wildman–Crippen MR) is 114 cm³/mol. The van der Waals surface area contributed by atoms with Crippen LogP contribution in [0, 0.1) is 0 Å².